The molecule has 0 aromatic heterocycles. The van der Waals surface area contributed by atoms with Gasteiger partial charge in [0.25, 0.3) is 0 Å². The summed E-state index contributed by atoms with van der Waals surface area (Å²) < 4.78 is 0. The van der Waals surface area contributed by atoms with Crippen LogP contribution in [0.1, 0.15) is 30.4 Å². The fraction of sp³-hybridized carbons (Fsp3) is 0.364. The van der Waals surface area contributed by atoms with Crippen LogP contribution in [0, 0.1) is 13.8 Å². The second-order valence-electron chi connectivity index (χ2n) is 7.32. The van der Waals surface area contributed by atoms with Crippen molar-refractivity contribution in [1.82, 2.24) is 4.90 Å². The first kappa shape index (κ1) is 20.4. The highest BCUT2D eigenvalue weighted by Crippen LogP contribution is 2.27. The van der Waals surface area contributed by atoms with Crippen molar-refractivity contribution in [2.24, 2.45) is 0 Å². The quantitative estimate of drug-likeness (QED) is 0.692. The number of anilines is 2. The van der Waals surface area contributed by atoms with E-state index in [0.29, 0.717) is 30.6 Å². The zero-order valence-electron chi connectivity index (χ0n) is 16.3. The van der Waals surface area contributed by atoms with Gasteiger partial charge in [0, 0.05) is 35.4 Å². The van der Waals surface area contributed by atoms with Crippen LogP contribution in [0.2, 0.25) is 5.02 Å². The van der Waals surface area contributed by atoms with Gasteiger partial charge in [-0.3, -0.25) is 14.5 Å². The van der Waals surface area contributed by atoms with Crippen molar-refractivity contribution in [2.75, 3.05) is 23.7 Å². The topological polar surface area (TPSA) is 61.4 Å². The molecule has 28 heavy (non-hydrogen) atoms. The number of para-hydroxylation sites is 1. The molecule has 2 N–H and O–H groups in total. The van der Waals surface area contributed by atoms with Gasteiger partial charge in [-0.05, 0) is 62.1 Å². The number of halogens is 1. The first-order valence-corrected chi connectivity index (χ1v) is 9.95. The molecule has 0 saturated heterocycles. The molecule has 0 atom stereocenters. The summed E-state index contributed by atoms with van der Waals surface area (Å²) in [5, 5.41) is 6.53. The minimum atomic E-state index is -0.0665. The molecule has 2 aromatic rings. The van der Waals surface area contributed by atoms with Gasteiger partial charge in [-0.2, -0.15) is 0 Å². The minimum absolute atomic E-state index is 0.0394. The normalized spacial score (nSPS) is 13.4. The predicted molar refractivity (Wildman–Crippen MR) is 114 cm³/mol. The summed E-state index contributed by atoms with van der Waals surface area (Å²) in [6, 6.07) is 13.4. The monoisotopic (exact) mass is 399 g/mol. The Balaban J connectivity index is 1.51. The third-order valence-electron chi connectivity index (χ3n) is 4.91. The van der Waals surface area contributed by atoms with E-state index in [1.165, 1.54) is 0 Å². The summed E-state index contributed by atoms with van der Waals surface area (Å²) >= 11 is 5.86. The van der Waals surface area contributed by atoms with Crippen LogP contribution in [0.25, 0.3) is 0 Å². The molecule has 1 aliphatic rings. The van der Waals surface area contributed by atoms with Gasteiger partial charge in [0.2, 0.25) is 11.8 Å². The lowest BCUT2D eigenvalue weighted by molar-refractivity contribution is -0.119. The Labute approximate surface area is 171 Å². The third kappa shape index (κ3) is 5.81. The molecular formula is C22H26ClN3O2. The molecule has 0 heterocycles. The maximum atomic E-state index is 12.6. The second-order valence-corrected chi connectivity index (χ2v) is 7.76. The molecule has 2 amide bonds. The van der Waals surface area contributed by atoms with Crippen LogP contribution < -0.4 is 10.6 Å². The van der Waals surface area contributed by atoms with Crippen molar-refractivity contribution < 1.29 is 9.59 Å². The molecule has 1 aliphatic carbocycles. The van der Waals surface area contributed by atoms with Gasteiger partial charge < -0.3 is 10.6 Å². The lowest BCUT2D eigenvalue weighted by Gasteiger charge is -2.22. The number of hydrogen-bond donors (Lipinski definition) is 2. The first-order valence-electron chi connectivity index (χ1n) is 9.58. The molecule has 0 unspecified atom stereocenters. The van der Waals surface area contributed by atoms with E-state index in [4.69, 9.17) is 11.6 Å². The Hall–Kier alpha value is -2.37. The third-order valence-corrected chi connectivity index (χ3v) is 5.16. The van der Waals surface area contributed by atoms with Gasteiger partial charge >= 0.3 is 0 Å². The summed E-state index contributed by atoms with van der Waals surface area (Å²) in [5.74, 6) is -0.106. The Morgan fingerprint density at radius 2 is 1.64 bits per heavy atom. The molecular weight excluding hydrogens is 374 g/mol. The number of amides is 2. The Morgan fingerprint density at radius 1 is 1.00 bits per heavy atom. The van der Waals surface area contributed by atoms with Crippen LogP contribution in [0.5, 0.6) is 0 Å². The molecule has 1 saturated carbocycles. The molecule has 1 fully saturated rings. The molecule has 0 spiro atoms. The molecule has 0 bridgehead atoms. The summed E-state index contributed by atoms with van der Waals surface area (Å²) in [7, 11) is 0. The van der Waals surface area contributed by atoms with E-state index in [1.807, 2.05) is 32.0 Å². The lowest BCUT2D eigenvalue weighted by Crippen LogP contribution is -2.37. The van der Waals surface area contributed by atoms with Crippen molar-refractivity contribution in [3.8, 4) is 0 Å². The number of aryl methyl sites for hydroxylation is 2. The van der Waals surface area contributed by atoms with Crippen LogP contribution in [0.3, 0.4) is 0 Å². The molecule has 0 radical (unpaired) electrons. The summed E-state index contributed by atoms with van der Waals surface area (Å²) in [5.41, 5.74) is 3.70. The average molecular weight is 400 g/mol. The van der Waals surface area contributed by atoms with Crippen molar-refractivity contribution in [3.63, 3.8) is 0 Å². The smallest absolute Gasteiger partial charge is 0.238 e. The Kier molecular flexibility index (Phi) is 6.70. The average Bonchev–Trinajstić information content (AvgIpc) is 3.49. The first-order chi connectivity index (χ1) is 13.4. The molecule has 6 heteroatoms. The van der Waals surface area contributed by atoms with Crippen LogP contribution in [0.4, 0.5) is 11.4 Å². The van der Waals surface area contributed by atoms with E-state index in [1.54, 1.807) is 24.3 Å². The molecule has 3 rings (SSSR count). The van der Waals surface area contributed by atoms with Gasteiger partial charge in [0.15, 0.2) is 0 Å². The van der Waals surface area contributed by atoms with Gasteiger partial charge in [-0.1, -0.05) is 29.8 Å². The Bertz CT molecular complexity index is 827. The number of nitrogens with one attached hydrogen (secondary N) is 2. The fourth-order valence-corrected chi connectivity index (χ4v) is 3.33. The number of carbonyl (C=O) groups is 2. The van der Waals surface area contributed by atoms with Crippen molar-refractivity contribution in [3.05, 3.63) is 58.6 Å². The van der Waals surface area contributed by atoms with E-state index in [-0.39, 0.29) is 11.8 Å². The minimum Gasteiger partial charge on any atom is -0.326 e. The second kappa shape index (κ2) is 9.22. The zero-order chi connectivity index (χ0) is 20.1. The number of carbonyl (C=O) groups excluding carboxylic acids is 2. The highest BCUT2D eigenvalue weighted by Gasteiger charge is 2.30. The van der Waals surface area contributed by atoms with E-state index in [9.17, 15) is 9.59 Å². The number of nitrogens with zero attached hydrogens (tertiary/aromatic N) is 1. The summed E-state index contributed by atoms with van der Waals surface area (Å²) in [6.07, 6.45) is 2.50. The molecule has 5 nitrogen and oxygen atoms in total. The van der Waals surface area contributed by atoms with Crippen LogP contribution in [-0.4, -0.2) is 35.8 Å². The molecule has 148 valence electrons. The van der Waals surface area contributed by atoms with E-state index in [2.05, 4.69) is 15.5 Å². The van der Waals surface area contributed by atoms with Crippen molar-refractivity contribution in [2.45, 2.75) is 39.2 Å². The van der Waals surface area contributed by atoms with Gasteiger partial charge in [-0.15, -0.1) is 0 Å². The largest absolute Gasteiger partial charge is 0.326 e. The van der Waals surface area contributed by atoms with E-state index < -0.39 is 0 Å². The zero-order valence-corrected chi connectivity index (χ0v) is 17.1. The van der Waals surface area contributed by atoms with Crippen molar-refractivity contribution >= 4 is 34.8 Å². The highest BCUT2D eigenvalue weighted by atomic mass is 35.5. The number of benzene rings is 2. The standard InChI is InChI=1S/C22H26ClN3O2/c1-15-4-3-5-16(2)22(15)25-21(28)14-26(19-10-11-19)13-12-20(27)24-18-8-6-17(23)7-9-18/h3-9,19H,10-14H2,1-2H3,(H,24,27)(H,25,28). The van der Waals surface area contributed by atoms with Crippen LogP contribution in [-0.2, 0) is 9.59 Å². The number of hydrogen-bond acceptors (Lipinski definition) is 3. The summed E-state index contributed by atoms with van der Waals surface area (Å²) in [4.78, 5) is 26.9. The fourth-order valence-electron chi connectivity index (χ4n) is 3.21. The van der Waals surface area contributed by atoms with Crippen LogP contribution >= 0.6 is 11.6 Å². The number of rotatable bonds is 8. The predicted octanol–water partition coefficient (Wildman–Crippen LogP) is 4.39. The SMILES string of the molecule is Cc1cccc(C)c1NC(=O)CN(CCC(=O)Nc1ccc(Cl)cc1)C1CC1. The van der Waals surface area contributed by atoms with Gasteiger partial charge in [0.1, 0.15) is 0 Å². The maximum absolute atomic E-state index is 12.6. The maximum Gasteiger partial charge on any atom is 0.238 e. The van der Waals surface area contributed by atoms with Gasteiger partial charge in [-0.25, -0.2) is 0 Å². The van der Waals surface area contributed by atoms with Crippen LogP contribution in [0.15, 0.2) is 42.5 Å². The van der Waals surface area contributed by atoms with Gasteiger partial charge in [0.05, 0.1) is 6.54 Å². The lowest BCUT2D eigenvalue weighted by atomic mass is 10.1. The molecule has 2 aromatic carbocycles. The molecule has 0 aliphatic heterocycles. The van der Waals surface area contributed by atoms with E-state index >= 15 is 0 Å². The highest BCUT2D eigenvalue weighted by molar-refractivity contribution is 6.30. The van der Waals surface area contributed by atoms with Crippen molar-refractivity contribution in [1.29, 1.82) is 0 Å². The Morgan fingerprint density at radius 3 is 2.25 bits per heavy atom. The summed E-state index contributed by atoms with van der Waals surface area (Å²) in [6.45, 7) is 4.83. The van der Waals surface area contributed by atoms with E-state index in [0.717, 1.165) is 35.3 Å².